The van der Waals surface area contributed by atoms with Crippen molar-refractivity contribution in [2.24, 2.45) is 5.41 Å². The van der Waals surface area contributed by atoms with Gasteiger partial charge in [-0.1, -0.05) is 32.0 Å². The van der Waals surface area contributed by atoms with Gasteiger partial charge in [-0.2, -0.15) is 0 Å². The lowest BCUT2D eigenvalue weighted by molar-refractivity contribution is 0.0343. The number of hydrogen-bond acceptors (Lipinski definition) is 4. The molecule has 1 heterocycles. The standard InChI is InChI=1S/C16H24BNO4/c1-15(2,3)22-14(19)18-13-9-7-6-8-12(13)17-20-10-16(4,5)11-21-17/h6-9H,10-11H2,1-5H3,(H,18,19). The first kappa shape index (κ1) is 16.8. The monoisotopic (exact) mass is 305 g/mol. The van der Waals surface area contributed by atoms with Gasteiger partial charge in [-0.05, 0) is 26.8 Å². The molecule has 0 unspecified atom stereocenters. The summed E-state index contributed by atoms with van der Waals surface area (Å²) in [5.74, 6) is 0. The summed E-state index contributed by atoms with van der Waals surface area (Å²) >= 11 is 0. The lowest BCUT2D eigenvalue weighted by atomic mass is 9.75. The first-order valence-electron chi connectivity index (χ1n) is 7.48. The molecule has 22 heavy (non-hydrogen) atoms. The van der Waals surface area contributed by atoms with Crippen molar-refractivity contribution in [1.29, 1.82) is 0 Å². The van der Waals surface area contributed by atoms with Crippen LogP contribution in [0.1, 0.15) is 34.6 Å². The second-order valence-electron chi connectivity index (χ2n) is 7.33. The highest BCUT2D eigenvalue weighted by atomic mass is 16.6. The van der Waals surface area contributed by atoms with Crippen molar-refractivity contribution in [3.8, 4) is 0 Å². The third kappa shape index (κ3) is 4.75. The van der Waals surface area contributed by atoms with E-state index in [1.165, 1.54) is 0 Å². The van der Waals surface area contributed by atoms with E-state index in [0.29, 0.717) is 18.9 Å². The number of carbonyl (C=O) groups is 1. The Bertz CT molecular complexity index is 529. The van der Waals surface area contributed by atoms with Gasteiger partial charge in [0.15, 0.2) is 0 Å². The van der Waals surface area contributed by atoms with Crippen molar-refractivity contribution < 1.29 is 18.8 Å². The summed E-state index contributed by atoms with van der Waals surface area (Å²) in [7, 11) is -0.473. The van der Waals surface area contributed by atoms with Crippen molar-refractivity contribution >= 4 is 24.4 Å². The molecule has 1 amide bonds. The fraction of sp³-hybridized carbons (Fsp3) is 0.562. The van der Waals surface area contributed by atoms with Gasteiger partial charge < -0.3 is 14.0 Å². The summed E-state index contributed by atoms with van der Waals surface area (Å²) < 4.78 is 16.9. The molecule has 0 saturated carbocycles. The van der Waals surface area contributed by atoms with E-state index < -0.39 is 18.8 Å². The van der Waals surface area contributed by atoms with Crippen LogP contribution in [0.2, 0.25) is 0 Å². The molecule has 1 aliphatic rings. The number of hydrogen-bond donors (Lipinski definition) is 1. The van der Waals surface area contributed by atoms with E-state index in [1.54, 1.807) is 0 Å². The lowest BCUT2D eigenvalue weighted by Gasteiger charge is -2.33. The average Bonchev–Trinajstić information content (AvgIpc) is 2.37. The zero-order valence-corrected chi connectivity index (χ0v) is 13.9. The average molecular weight is 305 g/mol. The van der Waals surface area contributed by atoms with Crippen LogP contribution in [0.3, 0.4) is 0 Å². The fourth-order valence-electron chi connectivity index (χ4n) is 2.10. The second kappa shape index (κ2) is 6.30. The van der Waals surface area contributed by atoms with Crippen LogP contribution in [0.15, 0.2) is 24.3 Å². The summed E-state index contributed by atoms with van der Waals surface area (Å²) in [6.07, 6.45) is -0.490. The fourth-order valence-corrected chi connectivity index (χ4v) is 2.10. The van der Waals surface area contributed by atoms with Gasteiger partial charge in [0.2, 0.25) is 0 Å². The molecule has 1 saturated heterocycles. The minimum absolute atomic E-state index is 0.00401. The van der Waals surface area contributed by atoms with Crippen molar-refractivity contribution in [2.75, 3.05) is 18.5 Å². The number of carbonyl (C=O) groups excluding carboxylic acids is 1. The molecular formula is C16H24BNO4. The van der Waals surface area contributed by atoms with Crippen molar-refractivity contribution in [3.63, 3.8) is 0 Å². The molecule has 0 bridgehead atoms. The van der Waals surface area contributed by atoms with E-state index in [2.05, 4.69) is 19.2 Å². The van der Waals surface area contributed by atoms with Crippen LogP contribution in [-0.2, 0) is 14.0 Å². The molecule has 2 rings (SSSR count). The molecule has 0 radical (unpaired) electrons. The van der Waals surface area contributed by atoms with Crippen LogP contribution in [0.5, 0.6) is 0 Å². The maximum absolute atomic E-state index is 12.0. The highest BCUT2D eigenvalue weighted by molar-refractivity contribution is 6.63. The summed E-state index contributed by atoms with van der Waals surface area (Å²) in [4.78, 5) is 12.0. The molecule has 0 aliphatic carbocycles. The maximum atomic E-state index is 12.0. The normalized spacial score (nSPS) is 18.0. The summed E-state index contributed by atoms with van der Waals surface area (Å²) in [6.45, 7) is 10.9. The van der Waals surface area contributed by atoms with Gasteiger partial charge in [-0.15, -0.1) is 0 Å². The van der Waals surface area contributed by atoms with E-state index in [1.807, 2.05) is 45.0 Å². The molecule has 1 aliphatic heterocycles. The predicted molar refractivity (Wildman–Crippen MR) is 87.4 cm³/mol. The van der Waals surface area contributed by atoms with Crippen LogP contribution < -0.4 is 10.8 Å². The smallest absolute Gasteiger partial charge is 0.444 e. The van der Waals surface area contributed by atoms with Gasteiger partial charge in [0.25, 0.3) is 0 Å². The van der Waals surface area contributed by atoms with Gasteiger partial charge in [0, 0.05) is 29.8 Å². The zero-order valence-electron chi connectivity index (χ0n) is 13.9. The number of ether oxygens (including phenoxy) is 1. The van der Waals surface area contributed by atoms with Crippen LogP contribution >= 0.6 is 0 Å². The summed E-state index contributed by atoms with van der Waals surface area (Å²) in [5, 5.41) is 2.76. The molecule has 1 aromatic rings. The molecule has 5 nitrogen and oxygen atoms in total. The van der Waals surface area contributed by atoms with Crippen LogP contribution in [0, 0.1) is 5.41 Å². The summed E-state index contributed by atoms with van der Waals surface area (Å²) in [5.41, 5.74) is 0.899. The molecule has 1 aromatic carbocycles. The van der Waals surface area contributed by atoms with Crippen LogP contribution in [0.4, 0.5) is 10.5 Å². The zero-order chi connectivity index (χ0) is 16.4. The van der Waals surface area contributed by atoms with Crippen molar-refractivity contribution in [1.82, 2.24) is 0 Å². The lowest BCUT2D eigenvalue weighted by Crippen LogP contribution is -2.48. The Morgan fingerprint density at radius 1 is 1.23 bits per heavy atom. The third-order valence-electron chi connectivity index (χ3n) is 3.10. The molecule has 120 valence electrons. The first-order chi connectivity index (χ1) is 10.2. The Morgan fingerprint density at radius 3 is 2.41 bits per heavy atom. The Hall–Kier alpha value is -1.53. The molecule has 0 atom stereocenters. The van der Waals surface area contributed by atoms with Gasteiger partial charge in [0.1, 0.15) is 5.60 Å². The van der Waals surface area contributed by atoms with Crippen LogP contribution in [0.25, 0.3) is 0 Å². The maximum Gasteiger partial charge on any atom is 0.496 e. The largest absolute Gasteiger partial charge is 0.496 e. The number of amides is 1. The second-order valence-corrected chi connectivity index (χ2v) is 7.33. The Morgan fingerprint density at radius 2 is 1.82 bits per heavy atom. The van der Waals surface area contributed by atoms with Crippen LogP contribution in [-0.4, -0.2) is 32.0 Å². The van der Waals surface area contributed by atoms with Gasteiger partial charge in [0.05, 0.1) is 0 Å². The SMILES string of the molecule is CC1(C)COB(c2ccccc2NC(=O)OC(C)(C)C)OC1. The minimum Gasteiger partial charge on any atom is -0.444 e. The quantitative estimate of drug-likeness (QED) is 0.854. The minimum atomic E-state index is -0.541. The predicted octanol–water partition coefficient (Wildman–Crippen LogP) is 2.80. The van der Waals surface area contributed by atoms with E-state index >= 15 is 0 Å². The van der Waals surface area contributed by atoms with E-state index in [9.17, 15) is 4.79 Å². The van der Waals surface area contributed by atoms with E-state index in [4.69, 9.17) is 14.0 Å². The third-order valence-corrected chi connectivity index (χ3v) is 3.10. The number of rotatable bonds is 2. The molecular weight excluding hydrogens is 281 g/mol. The van der Waals surface area contributed by atoms with E-state index in [-0.39, 0.29) is 5.41 Å². The number of nitrogens with one attached hydrogen (secondary N) is 1. The number of anilines is 1. The Labute approximate surface area is 132 Å². The van der Waals surface area contributed by atoms with Crippen molar-refractivity contribution in [3.05, 3.63) is 24.3 Å². The number of benzene rings is 1. The molecule has 6 heteroatoms. The topological polar surface area (TPSA) is 56.8 Å². The highest BCUT2D eigenvalue weighted by Crippen LogP contribution is 2.22. The first-order valence-corrected chi connectivity index (χ1v) is 7.48. The Kier molecular flexibility index (Phi) is 4.82. The summed E-state index contributed by atoms with van der Waals surface area (Å²) in [6, 6.07) is 7.44. The highest BCUT2D eigenvalue weighted by Gasteiger charge is 2.35. The van der Waals surface area contributed by atoms with Gasteiger partial charge in [-0.25, -0.2) is 4.79 Å². The molecule has 1 N–H and O–H groups in total. The van der Waals surface area contributed by atoms with Gasteiger partial charge in [-0.3, -0.25) is 5.32 Å². The van der Waals surface area contributed by atoms with E-state index in [0.717, 1.165) is 5.46 Å². The Balaban J connectivity index is 2.09. The van der Waals surface area contributed by atoms with Crippen molar-refractivity contribution in [2.45, 2.75) is 40.2 Å². The molecule has 0 aromatic heterocycles. The van der Waals surface area contributed by atoms with Gasteiger partial charge >= 0.3 is 13.2 Å². The number of para-hydroxylation sites is 1. The molecule has 0 spiro atoms. The molecule has 1 fully saturated rings.